The molecular formula is C27H32FN3O4S. The fourth-order valence-electron chi connectivity index (χ4n) is 4.91. The number of aliphatic carboxylic acids is 1. The maximum absolute atomic E-state index is 13.8. The Balaban J connectivity index is 1.40. The summed E-state index contributed by atoms with van der Waals surface area (Å²) in [6.45, 7) is 1.49. The van der Waals surface area contributed by atoms with Crippen molar-refractivity contribution >= 4 is 28.6 Å². The zero-order valence-electron chi connectivity index (χ0n) is 20.4. The molecule has 1 aromatic carbocycles. The second-order valence-corrected chi connectivity index (χ2v) is 10.3. The van der Waals surface area contributed by atoms with E-state index in [0.29, 0.717) is 60.1 Å². The quantitative estimate of drug-likeness (QED) is 0.350. The number of ether oxygens (including phenoxy) is 1. The van der Waals surface area contributed by atoms with Gasteiger partial charge in [0.05, 0.1) is 29.2 Å². The van der Waals surface area contributed by atoms with E-state index in [1.54, 1.807) is 43.3 Å². The predicted molar refractivity (Wildman–Crippen MR) is 138 cm³/mol. The van der Waals surface area contributed by atoms with Crippen molar-refractivity contribution in [2.75, 3.05) is 32.5 Å². The summed E-state index contributed by atoms with van der Waals surface area (Å²) >= 11 is 1.69. The second kappa shape index (κ2) is 12.0. The van der Waals surface area contributed by atoms with E-state index in [1.165, 1.54) is 6.20 Å². The maximum atomic E-state index is 13.8. The van der Waals surface area contributed by atoms with Crippen molar-refractivity contribution in [3.63, 3.8) is 0 Å². The number of methoxy groups -OCH3 is 1. The number of piperidine rings is 1. The summed E-state index contributed by atoms with van der Waals surface area (Å²) in [7, 11) is 1.55. The molecule has 0 saturated carbocycles. The summed E-state index contributed by atoms with van der Waals surface area (Å²) in [6, 6.07) is 11.1. The number of alkyl halides is 1. The van der Waals surface area contributed by atoms with Gasteiger partial charge >= 0.3 is 5.97 Å². The molecule has 9 heteroatoms. The van der Waals surface area contributed by atoms with E-state index in [0.717, 1.165) is 17.3 Å². The van der Waals surface area contributed by atoms with Crippen LogP contribution in [-0.4, -0.2) is 63.5 Å². The molecule has 2 N–H and O–H groups in total. The monoisotopic (exact) mass is 513 g/mol. The molecule has 0 radical (unpaired) electrons. The number of hydrogen-bond acceptors (Lipinski definition) is 7. The Morgan fingerprint density at radius 1 is 1.25 bits per heavy atom. The van der Waals surface area contributed by atoms with Crippen molar-refractivity contribution in [1.82, 2.24) is 14.9 Å². The molecule has 0 amide bonds. The van der Waals surface area contributed by atoms with Crippen molar-refractivity contribution in [1.29, 1.82) is 0 Å². The number of aliphatic hydroxyl groups excluding tert-OH is 1. The number of hydrogen-bond donors (Lipinski definition) is 2. The predicted octanol–water partition coefficient (Wildman–Crippen LogP) is 4.88. The lowest BCUT2D eigenvalue weighted by Crippen LogP contribution is -2.45. The SMILES string of the molecule is COc1ccc2ncc(CF)c([C@H](O)CCC3(C(=O)O)CCN(CCSc4ccccn4)CC3)c2c1. The number of aliphatic hydroxyl groups is 1. The van der Waals surface area contributed by atoms with Crippen LogP contribution < -0.4 is 4.74 Å². The molecule has 3 aromatic rings. The minimum Gasteiger partial charge on any atom is -0.497 e. The Morgan fingerprint density at radius 3 is 2.72 bits per heavy atom. The molecule has 1 aliphatic rings. The number of carboxylic acids is 1. The standard InChI is InChI=1S/C27H32FN3O4S/c1-35-20-5-6-22-21(16-20)25(19(17-28)18-30-22)23(32)7-8-27(26(33)34)9-12-31(13-10-27)14-15-36-24-4-2-3-11-29-24/h2-6,11,16,18,23,32H,7-10,12-15,17H2,1H3,(H,33,34)/t23-/m1/s1. The smallest absolute Gasteiger partial charge is 0.309 e. The minimum atomic E-state index is -1.00. The van der Waals surface area contributed by atoms with Crippen LogP contribution in [0, 0.1) is 5.41 Å². The van der Waals surface area contributed by atoms with Crippen LogP contribution in [0.4, 0.5) is 4.39 Å². The number of rotatable bonds is 11. The molecule has 7 nitrogen and oxygen atoms in total. The summed E-state index contributed by atoms with van der Waals surface area (Å²) < 4.78 is 19.1. The fraction of sp³-hybridized carbons (Fsp3) is 0.444. The third kappa shape index (κ3) is 5.96. The van der Waals surface area contributed by atoms with Gasteiger partial charge in [-0.1, -0.05) is 6.07 Å². The maximum Gasteiger partial charge on any atom is 0.309 e. The molecule has 2 aromatic heterocycles. The van der Waals surface area contributed by atoms with E-state index in [4.69, 9.17) is 4.74 Å². The van der Waals surface area contributed by atoms with Crippen LogP contribution in [0.5, 0.6) is 5.75 Å². The zero-order chi connectivity index (χ0) is 25.5. The highest BCUT2D eigenvalue weighted by molar-refractivity contribution is 7.99. The fourth-order valence-corrected chi connectivity index (χ4v) is 5.77. The van der Waals surface area contributed by atoms with Crippen LogP contribution in [0.3, 0.4) is 0 Å². The first-order valence-electron chi connectivity index (χ1n) is 12.1. The lowest BCUT2D eigenvalue weighted by Gasteiger charge is -2.39. The third-order valence-electron chi connectivity index (χ3n) is 7.13. The Morgan fingerprint density at radius 2 is 2.06 bits per heavy atom. The highest BCUT2D eigenvalue weighted by atomic mass is 32.2. The Bertz CT molecular complexity index is 1170. The number of thioether (sulfide) groups is 1. The number of benzene rings is 1. The summed E-state index contributed by atoms with van der Waals surface area (Å²) in [5.74, 6) is 0.647. The lowest BCUT2D eigenvalue weighted by atomic mass is 9.74. The number of nitrogens with zero attached hydrogens (tertiary/aromatic N) is 3. The van der Waals surface area contributed by atoms with Gasteiger partial charge in [-0.3, -0.25) is 9.78 Å². The van der Waals surface area contributed by atoms with Gasteiger partial charge in [0, 0.05) is 35.6 Å². The van der Waals surface area contributed by atoms with Crippen molar-refractivity contribution in [3.8, 4) is 5.75 Å². The molecule has 1 atom stereocenters. The van der Waals surface area contributed by atoms with E-state index < -0.39 is 24.2 Å². The summed E-state index contributed by atoms with van der Waals surface area (Å²) in [4.78, 5) is 23.3. The molecule has 3 heterocycles. The molecule has 192 valence electrons. The Hall–Kier alpha value is -2.75. The van der Waals surface area contributed by atoms with Gasteiger partial charge in [-0.15, -0.1) is 11.8 Å². The first-order chi connectivity index (χ1) is 17.5. The highest BCUT2D eigenvalue weighted by Crippen LogP contribution is 2.40. The van der Waals surface area contributed by atoms with Crippen molar-refractivity contribution < 1.29 is 24.1 Å². The van der Waals surface area contributed by atoms with Gasteiger partial charge < -0.3 is 19.8 Å². The molecule has 0 bridgehead atoms. The number of pyridine rings is 2. The van der Waals surface area contributed by atoms with Crippen molar-refractivity contribution in [2.45, 2.75) is 43.5 Å². The van der Waals surface area contributed by atoms with Crippen LogP contribution in [0.1, 0.15) is 42.9 Å². The van der Waals surface area contributed by atoms with Crippen LogP contribution in [0.25, 0.3) is 10.9 Å². The first-order valence-corrected chi connectivity index (χ1v) is 13.1. The average molecular weight is 514 g/mol. The van der Waals surface area contributed by atoms with Crippen LogP contribution in [0.15, 0.2) is 53.8 Å². The van der Waals surface area contributed by atoms with Gasteiger partial charge in [-0.2, -0.15) is 0 Å². The summed E-state index contributed by atoms with van der Waals surface area (Å²) in [5, 5.41) is 22.9. The van der Waals surface area contributed by atoms with Crippen LogP contribution >= 0.6 is 11.8 Å². The molecule has 0 spiro atoms. The van der Waals surface area contributed by atoms with E-state index in [2.05, 4.69) is 14.9 Å². The number of carbonyl (C=O) groups is 1. The van der Waals surface area contributed by atoms with Gasteiger partial charge in [0.15, 0.2) is 0 Å². The van der Waals surface area contributed by atoms with Gasteiger partial charge in [-0.05, 0) is 74.7 Å². The number of halogens is 1. The average Bonchev–Trinajstić information content (AvgIpc) is 2.92. The second-order valence-electron chi connectivity index (χ2n) is 9.21. The highest BCUT2D eigenvalue weighted by Gasteiger charge is 2.41. The molecule has 1 aliphatic heterocycles. The van der Waals surface area contributed by atoms with Gasteiger partial charge in [0.1, 0.15) is 12.4 Å². The van der Waals surface area contributed by atoms with E-state index >= 15 is 0 Å². The molecule has 1 fully saturated rings. The van der Waals surface area contributed by atoms with Crippen LogP contribution in [0.2, 0.25) is 0 Å². The number of likely N-dealkylation sites (tertiary alicyclic amines) is 1. The van der Waals surface area contributed by atoms with Gasteiger partial charge in [0.25, 0.3) is 0 Å². The number of aromatic nitrogens is 2. The van der Waals surface area contributed by atoms with Gasteiger partial charge in [0.2, 0.25) is 0 Å². The molecule has 0 aliphatic carbocycles. The third-order valence-corrected chi connectivity index (χ3v) is 8.06. The largest absolute Gasteiger partial charge is 0.497 e. The Labute approximate surface area is 214 Å². The zero-order valence-corrected chi connectivity index (χ0v) is 21.2. The first kappa shape index (κ1) is 26.3. The van der Waals surface area contributed by atoms with E-state index in [9.17, 15) is 19.4 Å². The molecule has 0 unspecified atom stereocenters. The lowest BCUT2D eigenvalue weighted by molar-refractivity contribution is -0.153. The van der Waals surface area contributed by atoms with Crippen molar-refractivity contribution in [3.05, 3.63) is 59.9 Å². The van der Waals surface area contributed by atoms with Gasteiger partial charge in [-0.25, -0.2) is 9.37 Å². The molecule has 36 heavy (non-hydrogen) atoms. The minimum absolute atomic E-state index is 0.227. The molecule has 4 rings (SSSR count). The summed E-state index contributed by atoms with van der Waals surface area (Å²) in [6.07, 6.45) is 3.80. The van der Waals surface area contributed by atoms with Crippen molar-refractivity contribution in [2.24, 2.45) is 5.41 Å². The van der Waals surface area contributed by atoms with E-state index in [1.807, 2.05) is 18.2 Å². The Kier molecular flexibility index (Phi) is 8.77. The number of carboxylic acid groups (broad SMARTS) is 1. The van der Waals surface area contributed by atoms with Crippen LogP contribution in [-0.2, 0) is 11.5 Å². The number of fused-ring (bicyclic) bond motifs is 1. The molecular weight excluding hydrogens is 481 g/mol. The molecule has 1 saturated heterocycles. The summed E-state index contributed by atoms with van der Waals surface area (Å²) in [5.41, 5.74) is 0.507. The van der Waals surface area contributed by atoms with E-state index in [-0.39, 0.29) is 6.42 Å². The normalized spacial score (nSPS) is 16.6. The topological polar surface area (TPSA) is 95.8 Å².